The fourth-order valence-electron chi connectivity index (χ4n) is 2.39. The molecule has 2 aromatic carbocycles. The Morgan fingerprint density at radius 2 is 1.81 bits per heavy atom. The zero-order valence-corrected chi connectivity index (χ0v) is 14.8. The summed E-state index contributed by atoms with van der Waals surface area (Å²) in [5, 5.41) is 5.66. The summed E-state index contributed by atoms with van der Waals surface area (Å²) in [4.78, 5) is 20.9. The van der Waals surface area contributed by atoms with E-state index in [0.717, 1.165) is 10.6 Å². The lowest BCUT2D eigenvalue weighted by Crippen LogP contribution is -2.14. The quantitative estimate of drug-likeness (QED) is 0.543. The first-order valence-corrected chi connectivity index (χ1v) is 9.33. The average molecular weight is 387 g/mol. The maximum absolute atomic E-state index is 13.2. The maximum atomic E-state index is 13.2. The van der Waals surface area contributed by atoms with Crippen LogP contribution in [0, 0.1) is 11.6 Å². The van der Waals surface area contributed by atoms with Crippen molar-refractivity contribution in [2.75, 3.05) is 5.32 Å². The van der Waals surface area contributed by atoms with Crippen LogP contribution in [0.15, 0.2) is 47.8 Å². The van der Waals surface area contributed by atoms with Gasteiger partial charge in [0.15, 0.2) is 5.13 Å². The van der Waals surface area contributed by atoms with E-state index in [1.54, 1.807) is 23.6 Å². The molecule has 4 nitrogen and oxygen atoms in total. The Labute approximate surface area is 155 Å². The normalized spacial score (nSPS) is 11.0. The minimum absolute atomic E-state index is 0.0992. The van der Waals surface area contributed by atoms with Gasteiger partial charge < -0.3 is 5.32 Å². The third kappa shape index (κ3) is 3.61. The second kappa shape index (κ2) is 6.89. The van der Waals surface area contributed by atoms with Gasteiger partial charge in [-0.2, -0.15) is 0 Å². The Bertz CT molecular complexity index is 1090. The van der Waals surface area contributed by atoms with Gasteiger partial charge in [0.05, 0.1) is 22.3 Å². The average Bonchev–Trinajstić information content (AvgIpc) is 3.21. The molecule has 26 heavy (non-hydrogen) atoms. The van der Waals surface area contributed by atoms with Gasteiger partial charge in [0.1, 0.15) is 16.6 Å². The minimum Gasteiger partial charge on any atom is -0.302 e. The van der Waals surface area contributed by atoms with E-state index in [0.29, 0.717) is 21.0 Å². The van der Waals surface area contributed by atoms with E-state index in [2.05, 4.69) is 15.3 Å². The molecule has 2 heterocycles. The van der Waals surface area contributed by atoms with E-state index in [1.165, 1.54) is 46.9 Å². The number of carbonyl (C=O) groups excluding carboxylic acids is 1. The molecule has 0 aliphatic rings. The van der Waals surface area contributed by atoms with Crippen molar-refractivity contribution < 1.29 is 13.6 Å². The number of benzene rings is 2. The van der Waals surface area contributed by atoms with Gasteiger partial charge in [-0.3, -0.25) is 4.79 Å². The SMILES string of the molecule is O=C(Cc1csc(-c2ccc(F)cc2)n1)Nc1nc2ccc(F)cc2s1. The van der Waals surface area contributed by atoms with Gasteiger partial charge in [0.2, 0.25) is 5.91 Å². The molecule has 0 saturated heterocycles. The van der Waals surface area contributed by atoms with E-state index in [-0.39, 0.29) is 24.0 Å². The van der Waals surface area contributed by atoms with Crippen LogP contribution in [0.2, 0.25) is 0 Å². The summed E-state index contributed by atoms with van der Waals surface area (Å²) in [6.07, 6.45) is 0.0992. The Morgan fingerprint density at radius 3 is 2.62 bits per heavy atom. The zero-order valence-electron chi connectivity index (χ0n) is 13.2. The first kappa shape index (κ1) is 16.7. The number of hydrogen-bond acceptors (Lipinski definition) is 5. The van der Waals surface area contributed by atoms with Gasteiger partial charge in [-0.15, -0.1) is 11.3 Å². The second-order valence-electron chi connectivity index (χ2n) is 5.51. The summed E-state index contributed by atoms with van der Waals surface area (Å²) in [6.45, 7) is 0. The van der Waals surface area contributed by atoms with Crippen LogP contribution in [0.1, 0.15) is 5.69 Å². The van der Waals surface area contributed by atoms with Crippen molar-refractivity contribution in [2.45, 2.75) is 6.42 Å². The van der Waals surface area contributed by atoms with Crippen molar-refractivity contribution in [3.05, 3.63) is 65.2 Å². The number of fused-ring (bicyclic) bond motifs is 1. The maximum Gasteiger partial charge on any atom is 0.232 e. The number of amides is 1. The van der Waals surface area contributed by atoms with E-state index in [1.807, 2.05) is 0 Å². The molecule has 0 saturated carbocycles. The molecule has 0 atom stereocenters. The zero-order chi connectivity index (χ0) is 18.1. The molecule has 0 fully saturated rings. The molecule has 4 aromatic rings. The lowest BCUT2D eigenvalue weighted by molar-refractivity contribution is -0.115. The van der Waals surface area contributed by atoms with Gasteiger partial charge in [-0.05, 0) is 42.5 Å². The number of rotatable bonds is 4. The Morgan fingerprint density at radius 1 is 1.04 bits per heavy atom. The lowest BCUT2D eigenvalue weighted by atomic mass is 10.2. The van der Waals surface area contributed by atoms with Crippen LogP contribution in [0.25, 0.3) is 20.8 Å². The van der Waals surface area contributed by atoms with Crippen LogP contribution < -0.4 is 5.32 Å². The summed E-state index contributed by atoms with van der Waals surface area (Å²) in [5.74, 6) is -0.893. The number of thiazole rings is 2. The van der Waals surface area contributed by atoms with Gasteiger partial charge in [-0.1, -0.05) is 11.3 Å². The standard InChI is InChI=1S/C18H11F2N3OS2/c19-11-3-1-10(2-4-11)17-21-13(9-25-17)8-16(24)23-18-22-14-6-5-12(20)7-15(14)26-18/h1-7,9H,8H2,(H,22,23,24). The molecule has 1 amide bonds. The van der Waals surface area contributed by atoms with Crippen LogP contribution in [-0.4, -0.2) is 15.9 Å². The van der Waals surface area contributed by atoms with Gasteiger partial charge in [0.25, 0.3) is 0 Å². The number of anilines is 1. The van der Waals surface area contributed by atoms with E-state index < -0.39 is 0 Å². The largest absolute Gasteiger partial charge is 0.302 e. The molecule has 130 valence electrons. The monoisotopic (exact) mass is 387 g/mol. The van der Waals surface area contributed by atoms with E-state index in [4.69, 9.17) is 0 Å². The molecular weight excluding hydrogens is 376 g/mol. The molecule has 0 spiro atoms. The molecule has 0 aliphatic heterocycles. The number of halogens is 2. The van der Waals surface area contributed by atoms with Crippen molar-refractivity contribution >= 4 is 43.9 Å². The third-order valence-electron chi connectivity index (χ3n) is 3.58. The van der Waals surface area contributed by atoms with Crippen molar-refractivity contribution in [1.82, 2.24) is 9.97 Å². The summed E-state index contributed by atoms with van der Waals surface area (Å²) in [5.41, 5.74) is 2.06. The molecule has 0 radical (unpaired) electrons. The van der Waals surface area contributed by atoms with E-state index in [9.17, 15) is 13.6 Å². The van der Waals surface area contributed by atoms with E-state index >= 15 is 0 Å². The summed E-state index contributed by atoms with van der Waals surface area (Å²) < 4.78 is 26.9. The summed E-state index contributed by atoms with van der Waals surface area (Å²) in [6, 6.07) is 10.3. The van der Waals surface area contributed by atoms with Crippen molar-refractivity contribution in [1.29, 1.82) is 0 Å². The van der Waals surface area contributed by atoms with Gasteiger partial charge in [-0.25, -0.2) is 18.7 Å². The van der Waals surface area contributed by atoms with Crippen molar-refractivity contribution in [3.63, 3.8) is 0 Å². The summed E-state index contributed by atoms with van der Waals surface area (Å²) >= 11 is 2.61. The highest BCUT2D eigenvalue weighted by Gasteiger charge is 2.12. The topological polar surface area (TPSA) is 54.9 Å². The predicted molar refractivity (Wildman–Crippen MR) is 99.4 cm³/mol. The number of hydrogen-bond donors (Lipinski definition) is 1. The molecule has 1 N–H and O–H groups in total. The smallest absolute Gasteiger partial charge is 0.232 e. The first-order chi connectivity index (χ1) is 12.6. The van der Waals surface area contributed by atoms with Crippen molar-refractivity contribution in [2.24, 2.45) is 0 Å². The van der Waals surface area contributed by atoms with Gasteiger partial charge >= 0.3 is 0 Å². The minimum atomic E-state index is -0.338. The number of carbonyl (C=O) groups is 1. The fraction of sp³-hybridized carbons (Fsp3) is 0.0556. The highest BCUT2D eigenvalue weighted by Crippen LogP contribution is 2.27. The second-order valence-corrected chi connectivity index (χ2v) is 7.40. The first-order valence-electron chi connectivity index (χ1n) is 7.63. The molecule has 2 aromatic heterocycles. The van der Waals surface area contributed by atoms with Crippen LogP contribution in [0.4, 0.5) is 13.9 Å². The molecule has 0 bridgehead atoms. The molecule has 4 rings (SSSR count). The number of aromatic nitrogens is 2. The number of nitrogens with one attached hydrogen (secondary N) is 1. The van der Waals surface area contributed by atoms with Crippen LogP contribution in [-0.2, 0) is 11.2 Å². The number of nitrogens with zero attached hydrogens (tertiary/aromatic N) is 2. The van der Waals surface area contributed by atoms with Crippen LogP contribution in [0.5, 0.6) is 0 Å². The Kier molecular flexibility index (Phi) is 4.44. The lowest BCUT2D eigenvalue weighted by Gasteiger charge is -1.99. The van der Waals surface area contributed by atoms with Crippen LogP contribution in [0.3, 0.4) is 0 Å². The van der Waals surface area contributed by atoms with Crippen LogP contribution >= 0.6 is 22.7 Å². The van der Waals surface area contributed by atoms with Crippen molar-refractivity contribution in [3.8, 4) is 10.6 Å². The highest BCUT2D eigenvalue weighted by molar-refractivity contribution is 7.22. The Balaban J connectivity index is 1.45. The predicted octanol–water partition coefficient (Wildman–Crippen LogP) is 4.88. The fourth-order valence-corrected chi connectivity index (χ4v) is 4.13. The summed E-state index contributed by atoms with van der Waals surface area (Å²) in [7, 11) is 0. The third-order valence-corrected chi connectivity index (χ3v) is 5.46. The highest BCUT2D eigenvalue weighted by atomic mass is 32.1. The Hall–Kier alpha value is -2.71. The molecule has 0 aliphatic carbocycles. The molecule has 8 heteroatoms. The molecule has 0 unspecified atom stereocenters. The van der Waals surface area contributed by atoms with Gasteiger partial charge in [0, 0.05) is 10.9 Å². The molecular formula is C18H11F2N3OS2.